The third-order valence-electron chi connectivity index (χ3n) is 2.43. The lowest BCUT2D eigenvalue weighted by molar-refractivity contribution is -0.137. The van der Waals surface area contributed by atoms with Crippen LogP contribution in [0, 0.1) is 5.92 Å². The summed E-state index contributed by atoms with van der Waals surface area (Å²) >= 11 is 0. The second-order valence-electron chi connectivity index (χ2n) is 4.73. The Hall–Kier alpha value is -1.10. The van der Waals surface area contributed by atoms with Gasteiger partial charge >= 0.3 is 5.97 Å². The number of amides is 1. The summed E-state index contributed by atoms with van der Waals surface area (Å²) in [6, 6.07) is -0.436. The van der Waals surface area contributed by atoms with Crippen molar-refractivity contribution in [3.05, 3.63) is 0 Å². The van der Waals surface area contributed by atoms with E-state index in [4.69, 9.17) is 10.8 Å². The summed E-state index contributed by atoms with van der Waals surface area (Å²) < 4.78 is 0. The van der Waals surface area contributed by atoms with Gasteiger partial charge in [-0.15, -0.1) is 0 Å². The molecular formula is C12H24N2O3. The van der Waals surface area contributed by atoms with Crippen LogP contribution in [0.5, 0.6) is 0 Å². The molecule has 0 saturated carbocycles. The van der Waals surface area contributed by atoms with Crippen LogP contribution in [0.3, 0.4) is 0 Å². The van der Waals surface area contributed by atoms with E-state index in [9.17, 15) is 9.59 Å². The number of hydrogen-bond donors (Lipinski definition) is 3. The van der Waals surface area contributed by atoms with Gasteiger partial charge in [0.25, 0.3) is 0 Å². The molecule has 0 aliphatic rings. The quantitative estimate of drug-likeness (QED) is 0.530. The van der Waals surface area contributed by atoms with Gasteiger partial charge in [0.05, 0.1) is 6.04 Å². The van der Waals surface area contributed by atoms with E-state index in [2.05, 4.69) is 5.32 Å². The maximum atomic E-state index is 11.5. The van der Waals surface area contributed by atoms with Crippen molar-refractivity contribution in [3.63, 3.8) is 0 Å². The van der Waals surface area contributed by atoms with E-state index < -0.39 is 12.0 Å². The fourth-order valence-corrected chi connectivity index (χ4v) is 1.54. The summed E-state index contributed by atoms with van der Waals surface area (Å²) in [6.45, 7) is 4.63. The Kier molecular flexibility index (Phi) is 8.40. The smallest absolute Gasteiger partial charge is 0.303 e. The third-order valence-corrected chi connectivity index (χ3v) is 2.43. The Morgan fingerprint density at radius 2 is 1.88 bits per heavy atom. The highest BCUT2D eigenvalue weighted by atomic mass is 16.4. The molecule has 0 bridgehead atoms. The first-order valence-corrected chi connectivity index (χ1v) is 6.18. The van der Waals surface area contributed by atoms with E-state index >= 15 is 0 Å². The van der Waals surface area contributed by atoms with E-state index in [1.54, 1.807) is 0 Å². The summed E-state index contributed by atoms with van der Waals surface area (Å²) in [4.78, 5) is 21.7. The fourth-order valence-electron chi connectivity index (χ4n) is 1.54. The monoisotopic (exact) mass is 244 g/mol. The Balaban J connectivity index is 3.47. The highest BCUT2D eigenvalue weighted by molar-refractivity contribution is 5.81. The van der Waals surface area contributed by atoms with Gasteiger partial charge in [-0.1, -0.05) is 20.3 Å². The lowest BCUT2D eigenvalue weighted by atomic mass is 10.0. The second-order valence-corrected chi connectivity index (χ2v) is 4.73. The Morgan fingerprint density at radius 1 is 1.24 bits per heavy atom. The summed E-state index contributed by atoms with van der Waals surface area (Å²) in [5.74, 6) is -0.476. The maximum absolute atomic E-state index is 11.5. The molecule has 0 spiro atoms. The van der Waals surface area contributed by atoms with Crippen LogP contribution < -0.4 is 11.1 Å². The van der Waals surface area contributed by atoms with Crippen LogP contribution in [0.25, 0.3) is 0 Å². The molecule has 1 unspecified atom stereocenters. The van der Waals surface area contributed by atoms with Crippen LogP contribution in [0.2, 0.25) is 0 Å². The topological polar surface area (TPSA) is 92.4 Å². The van der Waals surface area contributed by atoms with E-state index in [0.29, 0.717) is 25.3 Å². The van der Waals surface area contributed by atoms with Crippen molar-refractivity contribution in [1.82, 2.24) is 5.32 Å². The molecule has 0 aromatic rings. The number of rotatable bonds is 9. The number of nitrogens with two attached hydrogens (primary N) is 1. The average molecular weight is 244 g/mol. The van der Waals surface area contributed by atoms with Crippen molar-refractivity contribution in [3.8, 4) is 0 Å². The van der Waals surface area contributed by atoms with Crippen LogP contribution in [0.1, 0.15) is 46.0 Å². The predicted octanol–water partition coefficient (Wildman–Crippen LogP) is 1.12. The molecule has 1 amide bonds. The van der Waals surface area contributed by atoms with E-state index in [0.717, 1.165) is 12.8 Å². The number of nitrogens with one attached hydrogen (secondary N) is 1. The summed E-state index contributed by atoms with van der Waals surface area (Å²) in [5, 5.41) is 11.2. The minimum Gasteiger partial charge on any atom is -0.481 e. The molecule has 0 heterocycles. The Morgan fingerprint density at radius 3 is 2.41 bits per heavy atom. The Bertz CT molecular complexity index is 242. The van der Waals surface area contributed by atoms with Gasteiger partial charge in [0, 0.05) is 13.0 Å². The lowest BCUT2D eigenvalue weighted by Gasteiger charge is -2.13. The second kappa shape index (κ2) is 8.98. The van der Waals surface area contributed by atoms with E-state index in [1.807, 2.05) is 13.8 Å². The largest absolute Gasteiger partial charge is 0.481 e. The first-order valence-electron chi connectivity index (χ1n) is 6.18. The van der Waals surface area contributed by atoms with Crippen LogP contribution in [-0.4, -0.2) is 29.6 Å². The number of hydrogen-bond acceptors (Lipinski definition) is 3. The SMILES string of the molecule is CC(C)CC(N)C(=O)NCCCCCC(=O)O. The van der Waals surface area contributed by atoms with E-state index in [1.165, 1.54) is 0 Å². The van der Waals surface area contributed by atoms with Crippen LogP contribution in [0.4, 0.5) is 0 Å². The number of carboxylic acid groups (broad SMARTS) is 1. The molecule has 4 N–H and O–H groups in total. The molecule has 0 aromatic heterocycles. The standard InChI is InChI=1S/C12H24N2O3/c1-9(2)8-10(13)12(17)14-7-5-3-4-6-11(15)16/h9-10H,3-8,13H2,1-2H3,(H,14,17)(H,15,16). The highest BCUT2D eigenvalue weighted by Gasteiger charge is 2.13. The minimum atomic E-state index is -0.770. The van der Waals surface area contributed by atoms with Crippen molar-refractivity contribution in [1.29, 1.82) is 0 Å². The molecule has 0 aromatic carbocycles. The molecular weight excluding hydrogens is 220 g/mol. The highest BCUT2D eigenvalue weighted by Crippen LogP contribution is 2.03. The molecule has 17 heavy (non-hydrogen) atoms. The van der Waals surface area contributed by atoms with Crippen molar-refractivity contribution in [2.45, 2.75) is 52.0 Å². The molecule has 100 valence electrons. The summed E-state index contributed by atoms with van der Waals surface area (Å²) in [7, 11) is 0. The van der Waals surface area contributed by atoms with E-state index in [-0.39, 0.29) is 12.3 Å². The maximum Gasteiger partial charge on any atom is 0.303 e. The Labute approximate surface area is 103 Å². The zero-order chi connectivity index (χ0) is 13.3. The zero-order valence-electron chi connectivity index (χ0n) is 10.7. The van der Waals surface area contributed by atoms with Gasteiger partial charge in [-0.2, -0.15) is 0 Å². The molecule has 0 aliphatic carbocycles. The van der Waals surface area contributed by atoms with Crippen molar-refractivity contribution in [2.24, 2.45) is 11.7 Å². The molecule has 0 saturated heterocycles. The molecule has 0 aliphatic heterocycles. The van der Waals surface area contributed by atoms with Crippen LogP contribution in [-0.2, 0) is 9.59 Å². The number of carbonyl (C=O) groups is 2. The number of aliphatic carboxylic acids is 1. The summed E-state index contributed by atoms with van der Waals surface area (Å²) in [5.41, 5.74) is 5.71. The van der Waals surface area contributed by atoms with Gasteiger partial charge in [-0.3, -0.25) is 9.59 Å². The average Bonchev–Trinajstić information content (AvgIpc) is 2.21. The van der Waals surface area contributed by atoms with Gasteiger partial charge < -0.3 is 16.2 Å². The molecule has 0 rings (SSSR count). The van der Waals surface area contributed by atoms with Gasteiger partial charge in [0.15, 0.2) is 0 Å². The number of carbonyl (C=O) groups excluding carboxylic acids is 1. The van der Waals surface area contributed by atoms with Gasteiger partial charge in [-0.25, -0.2) is 0 Å². The fraction of sp³-hybridized carbons (Fsp3) is 0.833. The van der Waals surface area contributed by atoms with Crippen molar-refractivity contribution in [2.75, 3.05) is 6.54 Å². The van der Waals surface area contributed by atoms with Gasteiger partial charge in [0.1, 0.15) is 0 Å². The molecule has 0 radical (unpaired) electrons. The third kappa shape index (κ3) is 9.81. The predicted molar refractivity (Wildman–Crippen MR) is 66.5 cm³/mol. The number of carboxylic acids is 1. The lowest BCUT2D eigenvalue weighted by Crippen LogP contribution is -2.41. The first-order chi connectivity index (χ1) is 7.93. The first kappa shape index (κ1) is 15.9. The van der Waals surface area contributed by atoms with Crippen LogP contribution in [0.15, 0.2) is 0 Å². The minimum absolute atomic E-state index is 0.114. The summed E-state index contributed by atoms with van der Waals surface area (Å²) in [6.07, 6.45) is 3.15. The normalized spacial score (nSPS) is 12.5. The van der Waals surface area contributed by atoms with Crippen molar-refractivity contribution < 1.29 is 14.7 Å². The zero-order valence-corrected chi connectivity index (χ0v) is 10.7. The molecule has 5 nitrogen and oxygen atoms in total. The van der Waals surface area contributed by atoms with Gasteiger partial charge in [-0.05, 0) is 25.2 Å². The molecule has 0 fully saturated rings. The van der Waals surface area contributed by atoms with Crippen molar-refractivity contribution >= 4 is 11.9 Å². The molecule has 5 heteroatoms. The number of unbranched alkanes of at least 4 members (excludes halogenated alkanes) is 2. The van der Waals surface area contributed by atoms with Gasteiger partial charge in [0.2, 0.25) is 5.91 Å². The molecule has 1 atom stereocenters. The van der Waals surface area contributed by atoms with Crippen LogP contribution >= 0.6 is 0 Å².